The second-order valence-electron chi connectivity index (χ2n) is 5.83. The molecule has 0 aliphatic carbocycles. The van der Waals surface area contributed by atoms with Gasteiger partial charge in [0.15, 0.2) is 0 Å². The smallest absolute Gasteiger partial charge is 0.113 e. The zero-order valence-corrected chi connectivity index (χ0v) is 10.8. The molecule has 1 aliphatic heterocycles. The Labute approximate surface area is 94.8 Å². The first-order valence-electron chi connectivity index (χ1n) is 6.37. The Kier molecular flexibility index (Phi) is 5.07. The first kappa shape index (κ1) is 13.0. The Morgan fingerprint density at radius 1 is 1.33 bits per heavy atom. The van der Waals surface area contributed by atoms with Gasteiger partial charge in [0, 0.05) is 12.0 Å². The van der Waals surface area contributed by atoms with Gasteiger partial charge in [0.1, 0.15) is 6.23 Å². The van der Waals surface area contributed by atoms with Gasteiger partial charge in [-0.05, 0) is 31.7 Å². The number of ether oxygens (including phenoxy) is 1. The maximum Gasteiger partial charge on any atom is 0.113 e. The normalized spacial score (nSPS) is 24.2. The summed E-state index contributed by atoms with van der Waals surface area (Å²) in [4.78, 5) is 0. The predicted molar refractivity (Wildman–Crippen MR) is 64.8 cm³/mol. The minimum atomic E-state index is 0.249. The highest BCUT2D eigenvalue weighted by Gasteiger charge is 2.30. The summed E-state index contributed by atoms with van der Waals surface area (Å²) in [5.74, 6) is 0.787. The van der Waals surface area contributed by atoms with E-state index in [1.807, 2.05) is 0 Å². The van der Waals surface area contributed by atoms with Crippen molar-refractivity contribution in [3.8, 4) is 0 Å². The van der Waals surface area contributed by atoms with E-state index >= 15 is 0 Å². The molecule has 2 heteroatoms. The maximum atomic E-state index is 5.89. The van der Waals surface area contributed by atoms with E-state index in [1.165, 1.54) is 25.7 Å². The SMILES string of the molecule is CC(C)CCC(C)(C)C1NCCCCO1. The zero-order chi connectivity index (χ0) is 11.3. The molecule has 0 bridgehead atoms. The lowest BCUT2D eigenvalue weighted by atomic mass is 9.83. The average molecular weight is 213 g/mol. The molecule has 1 atom stereocenters. The van der Waals surface area contributed by atoms with Crippen molar-refractivity contribution in [3.63, 3.8) is 0 Å². The molecule has 1 fully saturated rings. The van der Waals surface area contributed by atoms with Crippen LogP contribution in [0.25, 0.3) is 0 Å². The van der Waals surface area contributed by atoms with E-state index in [4.69, 9.17) is 4.74 Å². The Morgan fingerprint density at radius 2 is 2.07 bits per heavy atom. The molecule has 1 aliphatic rings. The summed E-state index contributed by atoms with van der Waals surface area (Å²) in [6.45, 7) is 11.2. The van der Waals surface area contributed by atoms with E-state index in [0.29, 0.717) is 0 Å². The fourth-order valence-electron chi connectivity index (χ4n) is 2.01. The van der Waals surface area contributed by atoms with Crippen molar-refractivity contribution in [2.75, 3.05) is 13.2 Å². The topological polar surface area (TPSA) is 21.3 Å². The highest BCUT2D eigenvalue weighted by Crippen LogP contribution is 2.30. The van der Waals surface area contributed by atoms with E-state index in [9.17, 15) is 0 Å². The van der Waals surface area contributed by atoms with E-state index in [1.54, 1.807) is 0 Å². The summed E-state index contributed by atoms with van der Waals surface area (Å²) in [5, 5.41) is 3.52. The van der Waals surface area contributed by atoms with E-state index in [2.05, 4.69) is 33.0 Å². The molecule has 0 radical (unpaired) electrons. The van der Waals surface area contributed by atoms with Crippen molar-refractivity contribution >= 4 is 0 Å². The molecule has 1 heterocycles. The van der Waals surface area contributed by atoms with Crippen molar-refractivity contribution in [3.05, 3.63) is 0 Å². The second kappa shape index (κ2) is 5.86. The molecule has 90 valence electrons. The van der Waals surface area contributed by atoms with Crippen LogP contribution in [-0.4, -0.2) is 19.4 Å². The largest absolute Gasteiger partial charge is 0.363 e. The van der Waals surface area contributed by atoms with Crippen LogP contribution in [0.3, 0.4) is 0 Å². The van der Waals surface area contributed by atoms with Crippen molar-refractivity contribution in [1.82, 2.24) is 5.32 Å². The molecule has 15 heavy (non-hydrogen) atoms. The molecule has 2 nitrogen and oxygen atoms in total. The van der Waals surface area contributed by atoms with Gasteiger partial charge in [-0.25, -0.2) is 0 Å². The Hall–Kier alpha value is -0.0800. The monoisotopic (exact) mass is 213 g/mol. The molecule has 0 spiro atoms. The van der Waals surface area contributed by atoms with Crippen molar-refractivity contribution in [1.29, 1.82) is 0 Å². The van der Waals surface area contributed by atoms with E-state index < -0.39 is 0 Å². The van der Waals surface area contributed by atoms with Crippen molar-refractivity contribution < 1.29 is 4.74 Å². The fraction of sp³-hybridized carbons (Fsp3) is 1.00. The molecule has 1 unspecified atom stereocenters. The molecular weight excluding hydrogens is 186 g/mol. The number of hydrogen-bond acceptors (Lipinski definition) is 2. The molecule has 0 aromatic carbocycles. The van der Waals surface area contributed by atoms with Gasteiger partial charge in [-0.2, -0.15) is 0 Å². The molecule has 1 N–H and O–H groups in total. The fourth-order valence-corrected chi connectivity index (χ4v) is 2.01. The lowest BCUT2D eigenvalue weighted by molar-refractivity contribution is -0.0427. The molecule has 0 aromatic heterocycles. The minimum Gasteiger partial charge on any atom is -0.363 e. The number of rotatable bonds is 4. The molecule has 1 saturated heterocycles. The van der Waals surface area contributed by atoms with Gasteiger partial charge in [-0.1, -0.05) is 34.1 Å². The van der Waals surface area contributed by atoms with Crippen LogP contribution in [0.1, 0.15) is 53.4 Å². The summed E-state index contributed by atoms with van der Waals surface area (Å²) < 4.78 is 5.89. The van der Waals surface area contributed by atoms with Crippen LogP contribution in [0.2, 0.25) is 0 Å². The minimum absolute atomic E-state index is 0.249. The van der Waals surface area contributed by atoms with Crippen LogP contribution in [0, 0.1) is 11.3 Å². The highest BCUT2D eigenvalue weighted by molar-refractivity contribution is 4.79. The molecule has 0 saturated carbocycles. The van der Waals surface area contributed by atoms with Crippen LogP contribution in [-0.2, 0) is 4.74 Å². The van der Waals surface area contributed by atoms with Crippen LogP contribution in [0.4, 0.5) is 0 Å². The van der Waals surface area contributed by atoms with Gasteiger partial charge < -0.3 is 4.74 Å². The Balaban J connectivity index is 2.42. The molecule has 1 rings (SSSR count). The quantitative estimate of drug-likeness (QED) is 0.774. The Morgan fingerprint density at radius 3 is 2.73 bits per heavy atom. The van der Waals surface area contributed by atoms with Gasteiger partial charge >= 0.3 is 0 Å². The lowest BCUT2D eigenvalue weighted by Gasteiger charge is -2.34. The van der Waals surface area contributed by atoms with Gasteiger partial charge in [0.05, 0.1) is 0 Å². The number of hydrogen-bond donors (Lipinski definition) is 1. The summed E-state index contributed by atoms with van der Waals surface area (Å²) in [7, 11) is 0. The average Bonchev–Trinajstić information content (AvgIpc) is 2.43. The van der Waals surface area contributed by atoms with Crippen molar-refractivity contribution in [2.45, 2.75) is 59.6 Å². The Bertz CT molecular complexity index is 169. The first-order chi connectivity index (χ1) is 7.02. The molecule has 0 amide bonds. The maximum absolute atomic E-state index is 5.89. The standard InChI is InChI=1S/C13H27NO/c1-11(2)7-8-13(3,4)12-14-9-5-6-10-15-12/h11-12,14H,5-10H2,1-4H3. The van der Waals surface area contributed by atoms with Gasteiger partial charge in [0.25, 0.3) is 0 Å². The van der Waals surface area contributed by atoms with Gasteiger partial charge in [0.2, 0.25) is 0 Å². The molecular formula is C13H27NO. The number of nitrogens with one attached hydrogen (secondary N) is 1. The summed E-state index contributed by atoms with van der Waals surface area (Å²) >= 11 is 0. The third kappa shape index (κ3) is 4.52. The van der Waals surface area contributed by atoms with Crippen molar-refractivity contribution in [2.24, 2.45) is 11.3 Å². The van der Waals surface area contributed by atoms with Crippen LogP contribution < -0.4 is 5.32 Å². The third-order valence-electron chi connectivity index (χ3n) is 3.26. The highest BCUT2D eigenvalue weighted by atomic mass is 16.5. The van der Waals surface area contributed by atoms with Crippen LogP contribution in [0.15, 0.2) is 0 Å². The summed E-state index contributed by atoms with van der Waals surface area (Å²) in [6.07, 6.45) is 5.22. The van der Waals surface area contributed by atoms with E-state index in [0.717, 1.165) is 19.1 Å². The van der Waals surface area contributed by atoms with Crippen LogP contribution in [0.5, 0.6) is 0 Å². The van der Waals surface area contributed by atoms with Crippen LogP contribution >= 0.6 is 0 Å². The predicted octanol–water partition coefficient (Wildman–Crippen LogP) is 3.17. The molecule has 0 aromatic rings. The summed E-state index contributed by atoms with van der Waals surface area (Å²) in [6, 6.07) is 0. The lowest BCUT2D eigenvalue weighted by Crippen LogP contribution is -2.43. The van der Waals surface area contributed by atoms with E-state index in [-0.39, 0.29) is 11.6 Å². The third-order valence-corrected chi connectivity index (χ3v) is 3.26. The van der Waals surface area contributed by atoms with Gasteiger partial charge in [-0.15, -0.1) is 0 Å². The first-order valence-corrected chi connectivity index (χ1v) is 6.37. The zero-order valence-electron chi connectivity index (χ0n) is 10.8. The van der Waals surface area contributed by atoms with Gasteiger partial charge in [-0.3, -0.25) is 5.32 Å². The summed E-state index contributed by atoms with van der Waals surface area (Å²) in [5.41, 5.74) is 0.259. The second-order valence-corrected chi connectivity index (χ2v) is 5.83.